The Morgan fingerprint density at radius 3 is 2.67 bits per heavy atom. The molecule has 0 amide bonds. The van der Waals surface area contributed by atoms with Gasteiger partial charge >= 0.3 is 5.97 Å². The quantitative estimate of drug-likeness (QED) is 0.458. The number of halogens is 1. The van der Waals surface area contributed by atoms with E-state index in [1.54, 1.807) is 6.92 Å². The van der Waals surface area contributed by atoms with E-state index in [9.17, 15) is 9.90 Å². The molecule has 0 saturated carbocycles. The molecule has 0 bridgehead atoms. The van der Waals surface area contributed by atoms with Gasteiger partial charge in [-0.25, -0.2) is 4.98 Å². The van der Waals surface area contributed by atoms with Crippen molar-refractivity contribution in [1.29, 1.82) is 0 Å². The average molecular weight is 445 g/mol. The first-order valence-electron chi connectivity index (χ1n) is 9.83. The highest BCUT2D eigenvalue weighted by Gasteiger charge is 2.19. The number of aryl methyl sites for hydroxylation is 1. The Balaban J connectivity index is 1.92. The molecule has 0 fully saturated rings. The molecular formula is C23H25ClN2O3S. The molecule has 2 aromatic carbocycles. The second-order valence-electron chi connectivity index (χ2n) is 6.85. The minimum atomic E-state index is -0.236. The van der Waals surface area contributed by atoms with Gasteiger partial charge in [-0.3, -0.25) is 4.79 Å². The highest BCUT2D eigenvalue weighted by molar-refractivity contribution is 7.16. The van der Waals surface area contributed by atoms with Crippen LogP contribution < -0.4 is 4.90 Å². The number of aliphatic hydroxyl groups excluding tert-OH is 1. The van der Waals surface area contributed by atoms with Gasteiger partial charge in [-0.15, -0.1) is 0 Å². The normalized spacial score (nSPS) is 10.8. The number of hydrogen-bond acceptors (Lipinski definition) is 6. The van der Waals surface area contributed by atoms with Crippen LogP contribution >= 0.6 is 22.9 Å². The van der Waals surface area contributed by atoms with E-state index in [0.29, 0.717) is 30.4 Å². The second-order valence-corrected chi connectivity index (χ2v) is 8.32. The predicted octanol–water partition coefficient (Wildman–Crippen LogP) is 5.22. The molecule has 0 radical (unpaired) electrons. The van der Waals surface area contributed by atoms with Gasteiger partial charge in [0.2, 0.25) is 0 Å². The molecule has 0 aliphatic carbocycles. The van der Waals surface area contributed by atoms with Crippen LogP contribution in [0.5, 0.6) is 0 Å². The van der Waals surface area contributed by atoms with Crippen molar-refractivity contribution in [1.82, 2.24) is 4.98 Å². The monoisotopic (exact) mass is 444 g/mol. The van der Waals surface area contributed by atoms with Crippen LogP contribution in [0.3, 0.4) is 0 Å². The number of rotatable bonds is 9. The Kier molecular flexibility index (Phi) is 7.85. The molecule has 0 saturated heterocycles. The summed E-state index contributed by atoms with van der Waals surface area (Å²) in [4.78, 5) is 19.6. The van der Waals surface area contributed by atoms with Gasteiger partial charge in [0.15, 0.2) is 5.13 Å². The van der Waals surface area contributed by atoms with Gasteiger partial charge in [0.1, 0.15) is 0 Å². The zero-order chi connectivity index (χ0) is 21.5. The SMILES string of the molecule is CCOC(=O)CCN(Cc1ccccc1)c1nc(-c2ccc(C)c(Cl)c2)c(CO)s1. The van der Waals surface area contributed by atoms with Crippen molar-refractivity contribution < 1.29 is 14.6 Å². The smallest absolute Gasteiger partial charge is 0.307 e. The molecular weight excluding hydrogens is 420 g/mol. The van der Waals surface area contributed by atoms with Crippen molar-refractivity contribution in [2.24, 2.45) is 0 Å². The van der Waals surface area contributed by atoms with Crippen LogP contribution in [-0.4, -0.2) is 29.2 Å². The maximum absolute atomic E-state index is 11.9. The van der Waals surface area contributed by atoms with Gasteiger partial charge < -0.3 is 14.7 Å². The number of ether oxygens (including phenoxy) is 1. The largest absolute Gasteiger partial charge is 0.466 e. The van der Waals surface area contributed by atoms with E-state index in [0.717, 1.165) is 26.7 Å². The summed E-state index contributed by atoms with van der Waals surface area (Å²) in [5.41, 5.74) is 3.68. The summed E-state index contributed by atoms with van der Waals surface area (Å²) in [5, 5.41) is 11.3. The number of nitrogens with zero attached hydrogens (tertiary/aromatic N) is 2. The molecule has 7 heteroatoms. The highest BCUT2D eigenvalue weighted by atomic mass is 35.5. The minimum absolute atomic E-state index is 0.116. The molecule has 158 valence electrons. The van der Waals surface area contributed by atoms with Crippen LogP contribution in [0.1, 0.15) is 29.3 Å². The fourth-order valence-electron chi connectivity index (χ4n) is 3.05. The van der Waals surface area contributed by atoms with Crippen molar-refractivity contribution >= 4 is 34.0 Å². The number of anilines is 1. The Morgan fingerprint density at radius 1 is 1.23 bits per heavy atom. The molecule has 0 unspecified atom stereocenters. The predicted molar refractivity (Wildman–Crippen MR) is 122 cm³/mol. The van der Waals surface area contributed by atoms with E-state index in [2.05, 4.69) is 4.90 Å². The maximum atomic E-state index is 11.9. The summed E-state index contributed by atoms with van der Waals surface area (Å²) in [7, 11) is 0. The standard InChI is InChI=1S/C23H25ClN2O3S/c1-3-29-21(28)11-12-26(14-17-7-5-4-6-8-17)23-25-22(20(15-27)30-23)18-10-9-16(2)19(24)13-18/h4-10,13,27H,3,11-12,14-15H2,1-2H3. The van der Waals surface area contributed by atoms with E-state index in [1.807, 2.05) is 55.5 Å². The van der Waals surface area contributed by atoms with Crippen LogP contribution in [0.4, 0.5) is 5.13 Å². The average Bonchev–Trinajstić information content (AvgIpc) is 3.18. The fourth-order valence-corrected chi connectivity index (χ4v) is 4.20. The molecule has 1 aromatic heterocycles. The molecule has 30 heavy (non-hydrogen) atoms. The third kappa shape index (κ3) is 5.59. The van der Waals surface area contributed by atoms with Gasteiger partial charge in [-0.2, -0.15) is 0 Å². The lowest BCUT2D eigenvalue weighted by Crippen LogP contribution is -2.26. The van der Waals surface area contributed by atoms with E-state index < -0.39 is 0 Å². The highest BCUT2D eigenvalue weighted by Crippen LogP contribution is 2.35. The van der Waals surface area contributed by atoms with E-state index in [-0.39, 0.29) is 19.0 Å². The first-order chi connectivity index (χ1) is 14.5. The zero-order valence-corrected chi connectivity index (χ0v) is 18.7. The second kappa shape index (κ2) is 10.6. The lowest BCUT2D eigenvalue weighted by atomic mass is 10.1. The lowest BCUT2D eigenvalue weighted by Gasteiger charge is -2.21. The van der Waals surface area contributed by atoms with Gasteiger partial charge in [0.05, 0.1) is 30.2 Å². The van der Waals surface area contributed by atoms with Gasteiger partial charge in [-0.05, 0) is 31.0 Å². The molecule has 0 aliphatic rings. The van der Waals surface area contributed by atoms with Crippen LogP contribution in [0.25, 0.3) is 11.3 Å². The van der Waals surface area contributed by atoms with Crippen LogP contribution in [-0.2, 0) is 22.7 Å². The Hall–Kier alpha value is -2.41. The number of hydrogen-bond donors (Lipinski definition) is 1. The molecule has 3 aromatic rings. The number of carbonyl (C=O) groups excluding carboxylic acids is 1. The first-order valence-corrected chi connectivity index (χ1v) is 11.0. The topological polar surface area (TPSA) is 62.7 Å². The maximum Gasteiger partial charge on any atom is 0.307 e. The van der Waals surface area contributed by atoms with Gasteiger partial charge in [-0.1, -0.05) is 65.4 Å². The molecule has 3 rings (SSSR count). The van der Waals surface area contributed by atoms with Crippen LogP contribution in [0.2, 0.25) is 5.02 Å². The van der Waals surface area contributed by atoms with E-state index >= 15 is 0 Å². The molecule has 0 spiro atoms. The van der Waals surface area contributed by atoms with Crippen molar-refractivity contribution in [3.05, 3.63) is 69.6 Å². The number of aromatic nitrogens is 1. The Bertz CT molecular complexity index is 991. The third-order valence-electron chi connectivity index (χ3n) is 4.65. The minimum Gasteiger partial charge on any atom is -0.466 e. The van der Waals surface area contributed by atoms with Crippen molar-refractivity contribution in [2.75, 3.05) is 18.1 Å². The number of benzene rings is 2. The molecule has 1 heterocycles. The molecule has 1 N–H and O–H groups in total. The van der Waals surface area contributed by atoms with E-state index in [4.69, 9.17) is 21.3 Å². The van der Waals surface area contributed by atoms with Gasteiger partial charge in [0, 0.05) is 23.7 Å². The van der Waals surface area contributed by atoms with Crippen molar-refractivity contribution in [2.45, 2.75) is 33.4 Å². The molecule has 0 atom stereocenters. The number of aliphatic hydroxyl groups is 1. The lowest BCUT2D eigenvalue weighted by molar-refractivity contribution is -0.142. The fraction of sp³-hybridized carbons (Fsp3) is 0.304. The zero-order valence-electron chi connectivity index (χ0n) is 17.1. The van der Waals surface area contributed by atoms with Crippen molar-refractivity contribution in [3.63, 3.8) is 0 Å². The Labute approximate surface area is 185 Å². The first kappa shape index (κ1) is 22.3. The van der Waals surface area contributed by atoms with Crippen LogP contribution in [0.15, 0.2) is 48.5 Å². The summed E-state index contributed by atoms with van der Waals surface area (Å²) in [6, 6.07) is 15.8. The van der Waals surface area contributed by atoms with Crippen LogP contribution in [0, 0.1) is 6.92 Å². The summed E-state index contributed by atoms with van der Waals surface area (Å²) in [5.74, 6) is -0.236. The number of carbonyl (C=O) groups is 1. The Morgan fingerprint density at radius 2 is 2.00 bits per heavy atom. The number of thiazole rings is 1. The summed E-state index contributed by atoms with van der Waals surface area (Å²) in [6.45, 7) is 5.07. The molecule has 5 nitrogen and oxygen atoms in total. The summed E-state index contributed by atoms with van der Waals surface area (Å²) >= 11 is 7.73. The third-order valence-corrected chi connectivity index (χ3v) is 6.16. The number of esters is 1. The van der Waals surface area contributed by atoms with Crippen molar-refractivity contribution in [3.8, 4) is 11.3 Å². The summed E-state index contributed by atoms with van der Waals surface area (Å²) < 4.78 is 5.08. The molecule has 0 aliphatic heterocycles. The van der Waals surface area contributed by atoms with E-state index in [1.165, 1.54) is 11.3 Å². The summed E-state index contributed by atoms with van der Waals surface area (Å²) in [6.07, 6.45) is 0.264. The van der Waals surface area contributed by atoms with Gasteiger partial charge in [0.25, 0.3) is 0 Å².